The Hall–Kier alpha value is -1.30. The number of halogens is 2. The summed E-state index contributed by atoms with van der Waals surface area (Å²) in [5, 5.41) is 13.7. The number of rotatable bonds is 6. The normalized spacial score (nSPS) is 15.3. The zero-order chi connectivity index (χ0) is 16.3. The van der Waals surface area contributed by atoms with Crippen LogP contribution in [0.5, 0.6) is 0 Å². The number of likely N-dealkylation sites (N-methyl/N-ethyl adjacent to an activating group) is 1. The number of hydrogen-bond donors (Lipinski definition) is 2. The average molecular weight is 345 g/mol. The molecule has 0 heterocycles. The van der Waals surface area contributed by atoms with Crippen molar-refractivity contribution < 1.29 is 14.7 Å². The molecule has 2 N–H and O–H groups in total. The molecule has 1 aliphatic carbocycles. The van der Waals surface area contributed by atoms with Crippen molar-refractivity contribution in [1.82, 2.24) is 10.2 Å². The monoisotopic (exact) mass is 344 g/mol. The van der Waals surface area contributed by atoms with Gasteiger partial charge < -0.3 is 15.3 Å². The summed E-state index contributed by atoms with van der Waals surface area (Å²) in [4.78, 5) is 25.0. The number of carbonyl (C=O) groups is 2. The van der Waals surface area contributed by atoms with Gasteiger partial charge in [0.25, 0.3) is 0 Å². The number of aliphatic hydroxyl groups excluding tert-OH is 1. The van der Waals surface area contributed by atoms with E-state index in [9.17, 15) is 14.7 Å². The van der Waals surface area contributed by atoms with E-state index in [2.05, 4.69) is 5.32 Å². The van der Waals surface area contributed by atoms with Gasteiger partial charge in [0.05, 0.1) is 19.1 Å². The average Bonchev–Trinajstić information content (AvgIpc) is 3.20. The van der Waals surface area contributed by atoms with E-state index in [0.717, 1.165) is 12.8 Å². The van der Waals surface area contributed by atoms with E-state index in [1.165, 1.54) is 11.9 Å². The Morgan fingerprint density at radius 3 is 2.45 bits per heavy atom. The van der Waals surface area contributed by atoms with Crippen LogP contribution in [-0.2, 0) is 9.59 Å². The third kappa shape index (κ3) is 5.16. The molecule has 0 radical (unpaired) electrons. The lowest BCUT2D eigenvalue weighted by Crippen LogP contribution is -2.39. The molecule has 1 aromatic rings. The molecule has 1 unspecified atom stereocenters. The minimum atomic E-state index is -1.02. The fourth-order valence-corrected chi connectivity index (χ4v) is 2.55. The first kappa shape index (κ1) is 17.1. The smallest absolute Gasteiger partial charge is 0.239 e. The second-order valence-corrected chi connectivity index (χ2v) is 6.39. The summed E-state index contributed by atoms with van der Waals surface area (Å²) >= 11 is 11.7. The summed E-state index contributed by atoms with van der Waals surface area (Å²) in [6.07, 6.45) is 0.844. The fourth-order valence-electron chi connectivity index (χ4n) is 2.01. The van der Waals surface area contributed by atoms with Crippen LogP contribution in [0.4, 0.5) is 0 Å². The lowest BCUT2D eigenvalue weighted by Gasteiger charge is -2.19. The summed E-state index contributed by atoms with van der Waals surface area (Å²) < 4.78 is 0. The molecular weight excluding hydrogens is 327 g/mol. The topological polar surface area (TPSA) is 69.6 Å². The van der Waals surface area contributed by atoms with Gasteiger partial charge in [-0.1, -0.05) is 23.2 Å². The van der Waals surface area contributed by atoms with Crippen LogP contribution < -0.4 is 5.32 Å². The maximum Gasteiger partial charge on any atom is 0.239 e. The molecule has 1 atom stereocenters. The van der Waals surface area contributed by atoms with Crippen LogP contribution in [0.25, 0.3) is 0 Å². The number of carbonyl (C=O) groups excluding carboxylic acids is 2. The second-order valence-electron chi connectivity index (χ2n) is 5.51. The summed E-state index contributed by atoms with van der Waals surface area (Å²) in [7, 11) is 1.53. The van der Waals surface area contributed by atoms with Crippen LogP contribution in [0.2, 0.25) is 10.0 Å². The molecule has 1 aliphatic rings. The first-order valence-corrected chi connectivity index (χ1v) is 7.78. The van der Waals surface area contributed by atoms with Gasteiger partial charge >= 0.3 is 0 Å². The minimum Gasteiger partial charge on any atom is -0.388 e. The Morgan fingerprint density at radius 2 is 1.91 bits per heavy atom. The van der Waals surface area contributed by atoms with Crippen LogP contribution in [-0.4, -0.2) is 41.5 Å². The zero-order valence-corrected chi connectivity index (χ0v) is 13.7. The van der Waals surface area contributed by atoms with Crippen molar-refractivity contribution in [2.24, 2.45) is 0 Å². The molecule has 0 aliphatic heterocycles. The predicted octanol–water partition coefficient (Wildman–Crippen LogP) is 2.15. The Balaban J connectivity index is 1.87. The number of aliphatic hydroxyl groups is 1. The molecule has 2 rings (SSSR count). The molecule has 0 aromatic heterocycles. The molecule has 22 heavy (non-hydrogen) atoms. The van der Waals surface area contributed by atoms with Crippen molar-refractivity contribution in [2.45, 2.75) is 31.4 Å². The Bertz CT molecular complexity index is 556. The van der Waals surface area contributed by atoms with Crippen molar-refractivity contribution in [3.8, 4) is 0 Å². The Morgan fingerprint density at radius 1 is 1.32 bits per heavy atom. The molecule has 5 nitrogen and oxygen atoms in total. The number of nitrogens with one attached hydrogen (secondary N) is 1. The van der Waals surface area contributed by atoms with Gasteiger partial charge in [-0.25, -0.2) is 0 Å². The van der Waals surface area contributed by atoms with E-state index in [1.54, 1.807) is 18.2 Å². The van der Waals surface area contributed by atoms with Gasteiger partial charge in [-0.3, -0.25) is 9.59 Å². The molecule has 0 spiro atoms. The largest absolute Gasteiger partial charge is 0.388 e. The van der Waals surface area contributed by atoms with Crippen LogP contribution >= 0.6 is 23.2 Å². The zero-order valence-electron chi connectivity index (χ0n) is 12.2. The molecule has 1 aromatic carbocycles. The maximum atomic E-state index is 12.1. The van der Waals surface area contributed by atoms with Gasteiger partial charge in [0.1, 0.15) is 0 Å². The van der Waals surface area contributed by atoms with E-state index in [0.29, 0.717) is 15.6 Å². The number of amides is 2. The van der Waals surface area contributed by atoms with Gasteiger partial charge in [0.2, 0.25) is 11.8 Å². The molecule has 120 valence electrons. The van der Waals surface area contributed by atoms with Crippen molar-refractivity contribution in [2.75, 3.05) is 13.6 Å². The molecule has 0 bridgehead atoms. The Kier molecular flexibility index (Phi) is 5.67. The highest BCUT2D eigenvalue weighted by Crippen LogP contribution is 2.25. The quantitative estimate of drug-likeness (QED) is 0.830. The Labute approximate surface area is 139 Å². The lowest BCUT2D eigenvalue weighted by atomic mass is 10.1. The van der Waals surface area contributed by atoms with Crippen LogP contribution in [0.1, 0.15) is 30.9 Å². The van der Waals surface area contributed by atoms with Gasteiger partial charge in [-0.2, -0.15) is 0 Å². The van der Waals surface area contributed by atoms with Crippen molar-refractivity contribution in [3.63, 3.8) is 0 Å². The van der Waals surface area contributed by atoms with Crippen LogP contribution in [0.3, 0.4) is 0 Å². The summed E-state index contributed by atoms with van der Waals surface area (Å²) in [5.74, 6) is -0.506. The van der Waals surface area contributed by atoms with Gasteiger partial charge in [-0.15, -0.1) is 0 Å². The molecule has 0 saturated heterocycles. The van der Waals surface area contributed by atoms with E-state index >= 15 is 0 Å². The van der Waals surface area contributed by atoms with Crippen LogP contribution in [0, 0.1) is 0 Å². The van der Waals surface area contributed by atoms with Gasteiger partial charge in [0.15, 0.2) is 0 Å². The van der Waals surface area contributed by atoms with Crippen molar-refractivity contribution >= 4 is 35.0 Å². The standard InChI is InChI=1S/C15H18Cl2N2O3/c1-19(8-14(21)18-12-2-3-12)15(22)7-13(20)9-4-10(16)6-11(17)5-9/h4-6,12-13,20H,2-3,7-8H2,1H3,(H,18,21). The van der Waals surface area contributed by atoms with E-state index in [4.69, 9.17) is 23.2 Å². The van der Waals surface area contributed by atoms with E-state index < -0.39 is 6.10 Å². The molecule has 2 amide bonds. The van der Waals surface area contributed by atoms with E-state index in [-0.39, 0.29) is 30.8 Å². The van der Waals surface area contributed by atoms with Crippen molar-refractivity contribution in [3.05, 3.63) is 33.8 Å². The first-order chi connectivity index (χ1) is 10.3. The highest BCUT2D eigenvalue weighted by Gasteiger charge is 2.25. The highest BCUT2D eigenvalue weighted by molar-refractivity contribution is 6.34. The molecule has 1 fully saturated rings. The molecular formula is C15H18Cl2N2O3. The number of hydrogen-bond acceptors (Lipinski definition) is 3. The lowest BCUT2D eigenvalue weighted by molar-refractivity contribution is -0.136. The third-order valence-electron chi connectivity index (χ3n) is 3.39. The SMILES string of the molecule is CN(CC(=O)NC1CC1)C(=O)CC(O)c1cc(Cl)cc(Cl)c1. The third-order valence-corrected chi connectivity index (χ3v) is 3.82. The number of nitrogens with zero attached hydrogens (tertiary/aromatic N) is 1. The molecule has 7 heteroatoms. The van der Waals surface area contributed by atoms with Crippen molar-refractivity contribution in [1.29, 1.82) is 0 Å². The molecule has 1 saturated carbocycles. The van der Waals surface area contributed by atoms with Crippen LogP contribution in [0.15, 0.2) is 18.2 Å². The fraction of sp³-hybridized carbons (Fsp3) is 0.467. The minimum absolute atomic E-state index is 0.0155. The second kappa shape index (κ2) is 7.31. The van der Waals surface area contributed by atoms with E-state index in [1.807, 2.05) is 0 Å². The van der Waals surface area contributed by atoms with Gasteiger partial charge in [0, 0.05) is 23.1 Å². The summed E-state index contributed by atoms with van der Waals surface area (Å²) in [5.41, 5.74) is 0.474. The maximum absolute atomic E-state index is 12.1. The van der Waals surface area contributed by atoms with Gasteiger partial charge in [-0.05, 0) is 36.6 Å². The highest BCUT2D eigenvalue weighted by atomic mass is 35.5. The summed E-state index contributed by atoms with van der Waals surface area (Å²) in [6.45, 7) is -0.0155. The summed E-state index contributed by atoms with van der Waals surface area (Å²) in [6, 6.07) is 4.93. The predicted molar refractivity (Wildman–Crippen MR) is 84.8 cm³/mol. The first-order valence-electron chi connectivity index (χ1n) is 7.02. The number of benzene rings is 1.